The van der Waals surface area contributed by atoms with Crippen LogP contribution in [0.4, 0.5) is 0 Å². The van der Waals surface area contributed by atoms with Gasteiger partial charge in [0.2, 0.25) is 0 Å². The maximum atomic E-state index is 12.6. The first-order chi connectivity index (χ1) is 9.43. The molecule has 0 aliphatic carbocycles. The van der Waals surface area contributed by atoms with E-state index in [0.29, 0.717) is 22.3 Å². The summed E-state index contributed by atoms with van der Waals surface area (Å²) in [6.45, 7) is 4.83. The van der Waals surface area contributed by atoms with Crippen molar-refractivity contribution in [3.8, 4) is 5.75 Å². The van der Waals surface area contributed by atoms with Crippen molar-refractivity contribution in [2.75, 3.05) is 0 Å². The van der Waals surface area contributed by atoms with Gasteiger partial charge in [-0.05, 0) is 38.0 Å². The number of phenols is 1. The van der Waals surface area contributed by atoms with Crippen LogP contribution in [0.5, 0.6) is 5.75 Å². The van der Waals surface area contributed by atoms with E-state index in [1.165, 1.54) is 13.0 Å². The number of benzene rings is 2. The topological polar surface area (TPSA) is 54.4 Å². The van der Waals surface area contributed by atoms with Crippen molar-refractivity contribution in [1.29, 1.82) is 0 Å². The molecule has 0 bridgehead atoms. The van der Waals surface area contributed by atoms with Gasteiger partial charge in [0, 0.05) is 11.1 Å². The third-order valence-corrected chi connectivity index (χ3v) is 3.37. The van der Waals surface area contributed by atoms with Crippen molar-refractivity contribution in [3.63, 3.8) is 0 Å². The maximum Gasteiger partial charge on any atom is 0.193 e. The Hall–Kier alpha value is -2.42. The number of rotatable bonds is 3. The number of aryl methyl sites for hydroxylation is 1. The van der Waals surface area contributed by atoms with Crippen molar-refractivity contribution >= 4 is 11.6 Å². The van der Waals surface area contributed by atoms with Gasteiger partial charge >= 0.3 is 0 Å². The van der Waals surface area contributed by atoms with Crippen LogP contribution in [0.3, 0.4) is 0 Å². The number of hydrogen-bond donors (Lipinski definition) is 1. The van der Waals surface area contributed by atoms with E-state index in [-0.39, 0.29) is 22.9 Å². The Kier molecular flexibility index (Phi) is 3.70. The zero-order valence-electron chi connectivity index (χ0n) is 11.7. The van der Waals surface area contributed by atoms with Crippen LogP contribution >= 0.6 is 0 Å². The molecule has 0 aliphatic rings. The Morgan fingerprint density at radius 2 is 1.60 bits per heavy atom. The lowest BCUT2D eigenvalue weighted by molar-refractivity contribution is 0.101. The molecule has 0 saturated heterocycles. The lowest BCUT2D eigenvalue weighted by atomic mass is 9.90. The number of carbonyl (C=O) groups excluding carboxylic acids is 2. The highest BCUT2D eigenvalue weighted by Gasteiger charge is 2.21. The fraction of sp³-hybridized carbons (Fsp3) is 0.176. The van der Waals surface area contributed by atoms with E-state index in [9.17, 15) is 14.7 Å². The van der Waals surface area contributed by atoms with Gasteiger partial charge in [0.25, 0.3) is 0 Å². The lowest BCUT2D eigenvalue weighted by Gasteiger charge is -2.14. The van der Waals surface area contributed by atoms with Gasteiger partial charge in [-0.25, -0.2) is 0 Å². The molecule has 102 valence electrons. The normalized spacial score (nSPS) is 10.3. The van der Waals surface area contributed by atoms with Crippen molar-refractivity contribution in [2.24, 2.45) is 0 Å². The quantitative estimate of drug-likeness (QED) is 0.867. The van der Waals surface area contributed by atoms with Gasteiger partial charge < -0.3 is 5.11 Å². The monoisotopic (exact) mass is 268 g/mol. The standard InChI is InChI=1S/C17H16O3/c1-10-9-14(19)16(12(3)18)11(2)15(10)17(20)13-7-5-4-6-8-13/h4-9,19H,1-3H3. The van der Waals surface area contributed by atoms with E-state index >= 15 is 0 Å². The Balaban J connectivity index is 2.66. The average Bonchev–Trinajstić information content (AvgIpc) is 2.38. The van der Waals surface area contributed by atoms with Gasteiger partial charge in [-0.2, -0.15) is 0 Å². The summed E-state index contributed by atoms with van der Waals surface area (Å²) in [6, 6.07) is 10.4. The van der Waals surface area contributed by atoms with E-state index in [1.807, 2.05) is 6.07 Å². The van der Waals surface area contributed by atoms with Crippen molar-refractivity contribution < 1.29 is 14.7 Å². The minimum absolute atomic E-state index is 0.0721. The summed E-state index contributed by atoms with van der Waals surface area (Å²) in [6.07, 6.45) is 0. The summed E-state index contributed by atoms with van der Waals surface area (Å²) in [4.78, 5) is 24.2. The van der Waals surface area contributed by atoms with Crippen LogP contribution in [0.1, 0.15) is 44.3 Å². The third-order valence-electron chi connectivity index (χ3n) is 3.37. The number of hydrogen-bond acceptors (Lipinski definition) is 3. The Morgan fingerprint density at radius 1 is 1.00 bits per heavy atom. The van der Waals surface area contributed by atoms with Gasteiger partial charge in [-0.3, -0.25) is 9.59 Å². The summed E-state index contributed by atoms with van der Waals surface area (Å²) >= 11 is 0. The lowest BCUT2D eigenvalue weighted by Crippen LogP contribution is -2.10. The fourth-order valence-electron chi connectivity index (χ4n) is 2.49. The second-order valence-electron chi connectivity index (χ2n) is 4.84. The van der Waals surface area contributed by atoms with Crippen molar-refractivity contribution in [1.82, 2.24) is 0 Å². The summed E-state index contributed by atoms with van der Waals surface area (Å²) in [7, 11) is 0. The van der Waals surface area contributed by atoms with E-state index in [2.05, 4.69) is 0 Å². The second-order valence-corrected chi connectivity index (χ2v) is 4.84. The molecule has 2 rings (SSSR count). The van der Waals surface area contributed by atoms with Crippen molar-refractivity contribution in [2.45, 2.75) is 20.8 Å². The van der Waals surface area contributed by atoms with Crippen LogP contribution in [0.15, 0.2) is 36.4 Å². The van der Waals surface area contributed by atoms with Crippen LogP contribution in [0.2, 0.25) is 0 Å². The Labute approximate surface area is 117 Å². The molecule has 0 heterocycles. The average molecular weight is 268 g/mol. The summed E-state index contributed by atoms with van der Waals surface area (Å²) in [5.74, 6) is -0.456. The Morgan fingerprint density at radius 3 is 2.15 bits per heavy atom. The van der Waals surface area contributed by atoms with E-state index in [1.54, 1.807) is 38.1 Å². The van der Waals surface area contributed by atoms with Gasteiger partial charge in [0.1, 0.15) is 5.75 Å². The molecule has 3 heteroatoms. The summed E-state index contributed by atoms with van der Waals surface area (Å²) in [5, 5.41) is 9.89. The molecule has 1 N–H and O–H groups in total. The number of carbonyl (C=O) groups is 2. The first-order valence-corrected chi connectivity index (χ1v) is 6.37. The molecule has 0 aliphatic heterocycles. The van der Waals surface area contributed by atoms with E-state index in [4.69, 9.17) is 0 Å². The molecule has 0 atom stereocenters. The molecule has 3 nitrogen and oxygen atoms in total. The van der Waals surface area contributed by atoms with Gasteiger partial charge in [-0.1, -0.05) is 30.3 Å². The molecular formula is C17H16O3. The highest BCUT2D eigenvalue weighted by Crippen LogP contribution is 2.29. The minimum atomic E-state index is -0.248. The molecule has 2 aromatic carbocycles. The zero-order chi connectivity index (χ0) is 14.9. The predicted molar refractivity (Wildman–Crippen MR) is 77.5 cm³/mol. The highest BCUT2D eigenvalue weighted by atomic mass is 16.3. The Bertz CT molecular complexity index is 685. The number of ketones is 2. The molecule has 0 spiro atoms. The molecule has 0 saturated carbocycles. The minimum Gasteiger partial charge on any atom is -0.507 e. The number of aromatic hydroxyl groups is 1. The van der Waals surface area contributed by atoms with Gasteiger partial charge in [0.15, 0.2) is 11.6 Å². The first kappa shape index (κ1) is 14.0. The van der Waals surface area contributed by atoms with Crippen LogP contribution in [-0.2, 0) is 0 Å². The van der Waals surface area contributed by atoms with Crippen LogP contribution in [0, 0.1) is 13.8 Å². The van der Waals surface area contributed by atoms with Crippen LogP contribution in [0.25, 0.3) is 0 Å². The second kappa shape index (κ2) is 5.29. The maximum absolute atomic E-state index is 12.6. The number of phenolic OH excluding ortho intramolecular Hbond substituents is 1. The third kappa shape index (κ3) is 2.35. The molecule has 0 aromatic heterocycles. The molecule has 20 heavy (non-hydrogen) atoms. The molecular weight excluding hydrogens is 252 g/mol. The molecule has 0 fully saturated rings. The van der Waals surface area contributed by atoms with Crippen LogP contribution < -0.4 is 0 Å². The van der Waals surface area contributed by atoms with Gasteiger partial charge in [0.05, 0.1) is 5.56 Å². The van der Waals surface area contributed by atoms with E-state index in [0.717, 1.165) is 0 Å². The van der Waals surface area contributed by atoms with Crippen LogP contribution in [-0.4, -0.2) is 16.7 Å². The molecule has 0 amide bonds. The summed E-state index contributed by atoms with van der Waals surface area (Å²) in [5.41, 5.74) is 2.47. The van der Waals surface area contributed by atoms with Crippen molar-refractivity contribution in [3.05, 3.63) is 64.2 Å². The highest BCUT2D eigenvalue weighted by molar-refractivity contribution is 6.13. The number of Topliss-reactive ketones (excluding diaryl/α,β-unsaturated/α-hetero) is 1. The zero-order valence-corrected chi connectivity index (χ0v) is 11.7. The smallest absolute Gasteiger partial charge is 0.193 e. The fourth-order valence-corrected chi connectivity index (χ4v) is 2.49. The van der Waals surface area contributed by atoms with E-state index < -0.39 is 0 Å². The SMILES string of the molecule is CC(=O)c1c(O)cc(C)c(C(=O)c2ccccc2)c1C. The molecule has 0 unspecified atom stereocenters. The first-order valence-electron chi connectivity index (χ1n) is 6.37. The predicted octanol–water partition coefficient (Wildman–Crippen LogP) is 3.44. The molecule has 2 aromatic rings. The molecule has 0 radical (unpaired) electrons. The van der Waals surface area contributed by atoms with Gasteiger partial charge in [-0.15, -0.1) is 0 Å². The largest absolute Gasteiger partial charge is 0.507 e. The summed E-state index contributed by atoms with van der Waals surface area (Å²) < 4.78 is 0.